The molecule has 24 heavy (non-hydrogen) atoms. The monoisotopic (exact) mass is 339 g/mol. The third-order valence-corrected chi connectivity index (χ3v) is 5.30. The number of hydrogen-bond donors (Lipinski definition) is 0. The Labute approximate surface area is 139 Å². The lowest BCUT2D eigenvalue weighted by molar-refractivity contribution is -0.138. The maximum absolute atomic E-state index is 13.5. The molecule has 6 heteroatoms. The minimum atomic E-state index is -4.46. The van der Waals surface area contributed by atoms with Crippen LogP contribution < -0.4 is 0 Å². The molecule has 0 aromatic carbocycles. The van der Waals surface area contributed by atoms with Gasteiger partial charge < -0.3 is 9.30 Å². The predicted octanol–water partition coefficient (Wildman–Crippen LogP) is 3.78. The molecule has 3 nitrogen and oxygen atoms in total. The number of halogens is 3. The number of alkyl halides is 3. The number of carbonyl (C=O) groups excluding carboxylic acids is 1. The first kappa shape index (κ1) is 18.2. The fraction of sp³-hybridized carbons (Fsp3) is 0.500. The Bertz CT molecular complexity index is 722. The third kappa shape index (κ3) is 2.72. The molecule has 0 spiro atoms. The van der Waals surface area contributed by atoms with Gasteiger partial charge in [-0.25, -0.2) is 4.79 Å². The summed E-state index contributed by atoms with van der Waals surface area (Å²) in [6.45, 7) is 5.63. The molecule has 2 atom stereocenters. The summed E-state index contributed by atoms with van der Waals surface area (Å²) in [5.74, 6) is 1.61. The zero-order valence-corrected chi connectivity index (χ0v) is 14.1. The molecule has 1 aromatic rings. The van der Waals surface area contributed by atoms with E-state index < -0.39 is 28.5 Å². The first-order valence-electron chi connectivity index (χ1n) is 7.47. The number of methoxy groups -OCH3 is 1. The number of hydrogen-bond acceptors (Lipinski definition) is 2. The Balaban J connectivity index is 2.48. The van der Waals surface area contributed by atoms with Crippen molar-refractivity contribution < 1.29 is 22.7 Å². The predicted molar refractivity (Wildman–Crippen MR) is 84.0 cm³/mol. The maximum atomic E-state index is 13.5. The van der Waals surface area contributed by atoms with Crippen molar-refractivity contribution in [2.24, 2.45) is 11.3 Å². The molecule has 2 rings (SSSR count). The van der Waals surface area contributed by atoms with Crippen LogP contribution >= 0.6 is 0 Å². The topological polar surface area (TPSA) is 31.2 Å². The molecule has 1 aliphatic carbocycles. The third-order valence-electron chi connectivity index (χ3n) is 5.30. The lowest BCUT2D eigenvalue weighted by atomic mass is 9.88. The largest absolute Gasteiger partial charge is 0.466 e. The number of ether oxygens (including phenoxy) is 1. The fourth-order valence-electron chi connectivity index (χ4n) is 3.56. The van der Waals surface area contributed by atoms with Crippen molar-refractivity contribution in [3.8, 4) is 12.3 Å². The summed E-state index contributed by atoms with van der Waals surface area (Å²) in [5, 5.41) is 0. The van der Waals surface area contributed by atoms with E-state index >= 15 is 0 Å². The second-order valence-electron chi connectivity index (χ2n) is 6.74. The van der Waals surface area contributed by atoms with E-state index in [2.05, 4.69) is 10.7 Å². The molecular weight excluding hydrogens is 319 g/mol. The lowest BCUT2D eigenvalue weighted by Crippen LogP contribution is -2.16. The van der Waals surface area contributed by atoms with Crippen LogP contribution in [0.15, 0.2) is 24.5 Å². The van der Waals surface area contributed by atoms with Crippen molar-refractivity contribution in [1.82, 2.24) is 4.57 Å². The van der Waals surface area contributed by atoms with Gasteiger partial charge in [0.2, 0.25) is 0 Å². The van der Waals surface area contributed by atoms with Crippen LogP contribution in [0.2, 0.25) is 0 Å². The molecule has 0 aliphatic heterocycles. The van der Waals surface area contributed by atoms with Gasteiger partial charge in [0.25, 0.3) is 0 Å². The highest BCUT2D eigenvalue weighted by atomic mass is 19.4. The van der Waals surface area contributed by atoms with Crippen molar-refractivity contribution in [2.75, 3.05) is 7.11 Å². The van der Waals surface area contributed by atoms with Gasteiger partial charge in [0.1, 0.15) is 0 Å². The van der Waals surface area contributed by atoms with Gasteiger partial charge in [-0.2, -0.15) is 13.2 Å². The molecule has 0 radical (unpaired) electrons. The molecule has 1 heterocycles. The average Bonchev–Trinajstić information content (AvgIpc) is 2.80. The van der Waals surface area contributed by atoms with Gasteiger partial charge in [0, 0.05) is 23.9 Å². The van der Waals surface area contributed by atoms with E-state index in [1.807, 2.05) is 13.8 Å². The normalized spacial score (nSPS) is 25.5. The van der Waals surface area contributed by atoms with E-state index in [4.69, 9.17) is 6.42 Å². The second-order valence-corrected chi connectivity index (χ2v) is 6.74. The average molecular weight is 339 g/mol. The van der Waals surface area contributed by atoms with E-state index in [0.29, 0.717) is 0 Å². The van der Waals surface area contributed by atoms with Crippen LogP contribution in [-0.2, 0) is 27.7 Å². The molecule has 1 unspecified atom stereocenters. The Morgan fingerprint density at radius 3 is 2.54 bits per heavy atom. The molecule has 0 N–H and O–H groups in total. The summed E-state index contributed by atoms with van der Waals surface area (Å²) in [7, 11) is 1.26. The molecule has 0 saturated heterocycles. The lowest BCUT2D eigenvalue weighted by Gasteiger charge is -2.17. The van der Waals surface area contributed by atoms with Crippen LogP contribution in [-0.4, -0.2) is 17.6 Å². The summed E-state index contributed by atoms with van der Waals surface area (Å²) >= 11 is 0. The van der Waals surface area contributed by atoms with Gasteiger partial charge in [-0.1, -0.05) is 32.8 Å². The van der Waals surface area contributed by atoms with Crippen LogP contribution in [0.3, 0.4) is 0 Å². The molecule has 1 saturated carbocycles. The van der Waals surface area contributed by atoms with E-state index in [-0.39, 0.29) is 18.0 Å². The summed E-state index contributed by atoms with van der Waals surface area (Å²) in [4.78, 5) is 11.3. The number of carbonyl (C=O) groups is 1. The van der Waals surface area contributed by atoms with E-state index in [1.165, 1.54) is 23.9 Å². The highest BCUT2D eigenvalue weighted by Gasteiger charge is 2.69. The first-order chi connectivity index (χ1) is 11.0. The smallest absolute Gasteiger partial charge is 0.418 e. The Kier molecular flexibility index (Phi) is 4.34. The van der Waals surface area contributed by atoms with Gasteiger partial charge in [-0.05, 0) is 16.9 Å². The Morgan fingerprint density at radius 1 is 1.42 bits per heavy atom. The molecule has 0 bridgehead atoms. The summed E-state index contributed by atoms with van der Waals surface area (Å²) in [5.41, 5.74) is -1.65. The fourth-order valence-corrected chi connectivity index (χ4v) is 3.56. The number of nitrogens with zero attached hydrogens (tertiary/aromatic N) is 1. The molecule has 1 aromatic heterocycles. The van der Waals surface area contributed by atoms with Crippen molar-refractivity contribution in [1.29, 1.82) is 0 Å². The number of allylic oxidation sites excluding steroid dienone is 1. The van der Waals surface area contributed by atoms with Gasteiger partial charge in [-0.3, -0.25) is 0 Å². The molecule has 1 fully saturated rings. The van der Waals surface area contributed by atoms with Gasteiger partial charge in [-0.15, -0.1) is 6.42 Å². The van der Waals surface area contributed by atoms with E-state index in [0.717, 1.165) is 6.20 Å². The van der Waals surface area contributed by atoms with E-state index in [9.17, 15) is 18.0 Å². The zero-order valence-electron chi connectivity index (χ0n) is 14.1. The van der Waals surface area contributed by atoms with Crippen LogP contribution in [0.4, 0.5) is 13.2 Å². The Hall–Kier alpha value is -2.16. The van der Waals surface area contributed by atoms with E-state index in [1.54, 1.807) is 13.0 Å². The van der Waals surface area contributed by atoms with Gasteiger partial charge >= 0.3 is 12.1 Å². The standard InChI is InChI=1S/C18H20F3NO2/c1-6-9-22-10-12(13(11-22)18(19,20)21)17(4)14(16(17,2)3)7-8-15(23)24-5/h1,7-8,10-11,14H,9H2,2-5H3/t14?,17-/m1/s1. The van der Waals surface area contributed by atoms with Crippen molar-refractivity contribution in [3.05, 3.63) is 35.7 Å². The minimum Gasteiger partial charge on any atom is -0.466 e. The highest BCUT2D eigenvalue weighted by molar-refractivity contribution is 5.82. The minimum absolute atomic E-state index is 0.0717. The van der Waals surface area contributed by atoms with Crippen LogP contribution in [0.25, 0.3) is 0 Å². The summed E-state index contributed by atoms with van der Waals surface area (Å²) in [6.07, 6.45) is 6.17. The molecule has 0 amide bonds. The van der Waals surface area contributed by atoms with Crippen LogP contribution in [0.1, 0.15) is 31.9 Å². The molecular formula is C18H20F3NO2. The highest BCUT2D eigenvalue weighted by Crippen LogP contribution is 2.71. The quantitative estimate of drug-likeness (QED) is 0.475. The first-order valence-corrected chi connectivity index (χ1v) is 7.47. The van der Waals surface area contributed by atoms with Gasteiger partial charge in [0.15, 0.2) is 0 Å². The summed E-state index contributed by atoms with van der Waals surface area (Å²) in [6, 6.07) is 0. The van der Waals surface area contributed by atoms with Crippen molar-refractivity contribution >= 4 is 5.97 Å². The van der Waals surface area contributed by atoms with Crippen molar-refractivity contribution in [2.45, 2.75) is 38.9 Å². The van der Waals surface area contributed by atoms with Crippen molar-refractivity contribution in [3.63, 3.8) is 0 Å². The molecule has 130 valence electrons. The number of rotatable bonds is 4. The molecule has 1 aliphatic rings. The SMILES string of the molecule is C#CCn1cc(C(F)(F)F)c([C@]2(C)C(C=CC(=O)OC)C2(C)C)c1. The van der Waals surface area contributed by atoms with Gasteiger partial charge in [0.05, 0.1) is 19.2 Å². The number of esters is 1. The maximum Gasteiger partial charge on any atom is 0.418 e. The Morgan fingerprint density at radius 2 is 2.04 bits per heavy atom. The number of terminal acetylenes is 1. The summed E-state index contributed by atoms with van der Waals surface area (Å²) < 4.78 is 46.3. The second kappa shape index (κ2) is 5.73. The van der Waals surface area contributed by atoms with Crippen LogP contribution in [0.5, 0.6) is 0 Å². The van der Waals surface area contributed by atoms with Crippen LogP contribution in [0, 0.1) is 23.7 Å². The zero-order chi connectivity index (χ0) is 18.3. The number of aromatic nitrogens is 1.